The Morgan fingerprint density at radius 3 is 2.68 bits per heavy atom. The lowest BCUT2D eigenvalue weighted by atomic mass is 10.00. The molecule has 0 saturated carbocycles. The van der Waals surface area contributed by atoms with Gasteiger partial charge in [0.15, 0.2) is 6.10 Å². The fourth-order valence-electron chi connectivity index (χ4n) is 4.23. The molecule has 1 N–H and O–H groups in total. The van der Waals surface area contributed by atoms with Crippen LogP contribution in [0.15, 0.2) is 54.6 Å². The second-order valence-corrected chi connectivity index (χ2v) is 7.83. The van der Waals surface area contributed by atoms with Crippen LogP contribution in [0, 0.1) is 0 Å². The molecule has 0 bridgehead atoms. The molecule has 2 aromatic carbocycles. The molecule has 1 unspecified atom stereocenters. The van der Waals surface area contributed by atoms with E-state index in [9.17, 15) is 9.90 Å². The summed E-state index contributed by atoms with van der Waals surface area (Å²) in [5.74, 6) is 0.836. The zero-order chi connectivity index (χ0) is 19.5. The molecule has 5 nitrogen and oxygen atoms in total. The normalized spacial score (nSPS) is 22.9. The minimum absolute atomic E-state index is 0.0168. The van der Waals surface area contributed by atoms with Crippen molar-refractivity contribution in [2.24, 2.45) is 0 Å². The second kappa shape index (κ2) is 8.33. The number of likely N-dealkylation sites (N-methyl/N-ethyl adjacent to an activating group) is 1. The van der Waals surface area contributed by atoms with Gasteiger partial charge in [0.1, 0.15) is 5.75 Å². The predicted octanol–water partition coefficient (Wildman–Crippen LogP) is 2.65. The first-order chi connectivity index (χ1) is 13.6. The van der Waals surface area contributed by atoms with E-state index in [2.05, 4.69) is 23.1 Å². The number of hydrogen-bond acceptors (Lipinski definition) is 4. The molecule has 3 atom stereocenters. The molecule has 0 radical (unpaired) electrons. The van der Waals surface area contributed by atoms with E-state index >= 15 is 0 Å². The van der Waals surface area contributed by atoms with Crippen molar-refractivity contribution in [3.8, 4) is 5.75 Å². The molecule has 4 rings (SSSR count). The summed E-state index contributed by atoms with van der Waals surface area (Å²) >= 11 is 0. The van der Waals surface area contributed by atoms with Crippen molar-refractivity contribution in [1.29, 1.82) is 0 Å². The number of fused-ring (bicyclic) bond motifs is 1. The number of para-hydroxylation sites is 1. The number of nitrogens with zero attached hydrogens (tertiary/aromatic N) is 2. The summed E-state index contributed by atoms with van der Waals surface area (Å²) in [6.45, 7) is 2.24. The maximum Gasteiger partial charge on any atom is 0.263 e. The van der Waals surface area contributed by atoms with Gasteiger partial charge in [0, 0.05) is 26.7 Å². The number of carbonyl (C=O) groups is 1. The molecule has 2 aromatic rings. The third-order valence-corrected chi connectivity index (χ3v) is 5.87. The van der Waals surface area contributed by atoms with E-state index in [4.69, 9.17) is 4.74 Å². The quantitative estimate of drug-likeness (QED) is 0.867. The number of carbonyl (C=O) groups excluding carboxylic acids is 1. The molecule has 148 valence electrons. The predicted molar refractivity (Wildman–Crippen MR) is 108 cm³/mol. The molecular formula is C23H28N2O3. The van der Waals surface area contributed by atoms with Gasteiger partial charge in [-0.05, 0) is 36.5 Å². The van der Waals surface area contributed by atoms with Crippen LogP contribution in [-0.2, 0) is 11.2 Å². The lowest BCUT2D eigenvalue weighted by Crippen LogP contribution is -2.46. The summed E-state index contributed by atoms with van der Waals surface area (Å²) in [6.07, 6.45) is 1.63. The van der Waals surface area contributed by atoms with E-state index in [-0.39, 0.29) is 18.1 Å². The molecule has 2 aliphatic rings. The van der Waals surface area contributed by atoms with E-state index in [0.717, 1.165) is 30.7 Å². The van der Waals surface area contributed by atoms with Crippen molar-refractivity contribution >= 4 is 5.91 Å². The third kappa shape index (κ3) is 4.05. The number of β-amino-alcohol motifs (C(OH)–C–C–N with tert-alkyl or cyclic N) is 1. The van der Waals surface area contributed by atoms with Gasteiger partial charge in [0.2, 0.25) is 0 Å². The molecule has 28 heavy (non-hydrogen) atoms. The first-order valence-corrected chi connectivity index (χ1v) is 10.1. The van der Waals surface area contributed by atoms with Gasteiger partial charge in [0.25, 0.3) is 5.91 Å². The molecular weight excluding hydrogens is 352 g/mol. The lowest BCUT2D eigenvalue weighted by molar-refractivity contribution is -0.140. The van der Waals surface area contributed by atoms with Crippen LogP contribution < -0.4 is 4.74 Å². The van der Waals surface area contributed by atoms with Crippen LogP contribution in [0.3, 0.4) is 0 Å². The summed E-state index contributed by atoms with van der Waals surface area (Å²) in [5.41, 5.74) is 2.27. The van der Waals surface area contributed by atoms with Crippen molar-refractivity contribution in [2.75, 3.05) is 26.7 Å². The van der Waals surface area contributed by atoms with Crippen LogP contribution >= 0.6 is 0 Å². The average Bonchev–Trinajstić information content (AvgIpc) is 3.16. The van der Waals surface area contributed by atoms with E-state index < -0.39 is 6.10 Å². The molecule has 0 aromatic heterocycles. The number of amides is 1. The van der Waals surface area contributed by atoms with E-state index in [1.165, 1.54) is 5.56 Å². The highest BCUT2D eigenvalue weighted by atomic mass is 16.5. The van der Waals surface area contributed by atoms with Crippen molar-refractivity contribution in [3.05, 3.63) is 65.7 Å². The van der Waals surface area contributed by atoms with Gasteiger partial charge < -0.3 is 14.7 Å². The molecule has 0 aliphatic carbocycles. The first kappa shape index (κ1) is 19.0. The van der Waals surface area contributed by atoms with Crippen LogP contribution in [0.2, 0.25) is 0 Å². The summed E-state index contributed by atoms with van der Waals surface area (Å²) < 4.78 is 6.04. The highest BCUT2D eigenvalue weighted by molar-refractivity contribution is 5.82. The Hall–Kier alpha value is -2.37. The molecule has 5 heteroatoms. The summed E-state index contributed by atoms with van der Waals surface area (Å²) in [7, 11) is 1.87. The zero-order valence-electron chi connectivity index (χ0n) is 16.3. The van der Waals surface area contributed by atoms with Crippen LogP contribution in [0.4, 0.5) is 0 Å². The molecule has 1 saturated heterocycles. The SMILES string of the molecule is CN(C(=O)[C@H]1CCc2ccccc2O1)C(CN1CC[C@H](O)C1)c1ccccc1. The Balaban J connectivity index is 1.51. The number of ether oxygens (including phenoxy) is 1. The Kier molecular flexibility index (Phi) is 5.64. The largest absolute Gasteiger partial charge is 0.480 e. The van der Waals surface area contributed by atoms with E-state index in [1.807, 2.05) is 48.3 Å². The lowest BCUT2D eigenvalue weighted by Gasteiger charge is -2.35. The first-order valence-electron chi connectivity index (χ1n) is 10.1. The maximum atomic E-state index is 13.3. The number of rotatable bonds is 5. The number of aliphatic hydroxyl groups excluding tert-OH is 1. The Morgan fingerprint density at radius 2 is 1.93 bits per heavy atom. The Bertz CT molecular complexity index is 811. The minimum Gasteiger partial charge on any atom is -0.480 e. The number of aryl methyl sites for hydroxylation is 1. The highest BCUT2D eigenvalue weighted by Gasteiger charge is 2.33. The molecule has 1 fully saturated rings. The fraction of sp³-hybridized carbons (Fsp3) is 0.435. The van der Waals surface area contributed by atoms with Gasteiger partial charge in [-0.2, -0.15) is 0 Å². The number of benzene rings is 2. The summed E-state index contributed by atoms with van der Waals surface area (Å²) in [5, 5.41) is 9.89. The van der Waals surface area contributed by atoms with Crippen LogP contribution in [-0.4, -0.2) is 59.7 Å². The van der Waals surface area contributed by atoms with Gasteiger partial charge in [0.05, 0.1) is 12.1 Å². The highest BCUT2D eigenvalue weighted by Crippen LogP contribution is 2.30. The third-order valence-electron chi connectivity index (χ3n) is 5.87. The van der Waals surface area contributed by atoms with E-state index in [0.29, 0.717) is 19.5 Å². The van der Waals surface area contributed by atoms with Gasteiger partial charge in [-0.25, -0.2) is 0 Å². The van der Waals surface area contributed by atoms with Gasteiger partial charge >= 0.3 is 0 Å². The number of aliphatic hydroxyl groups is 1. The van der Waals surface area contributed by atoms with Gasteiger partial charge in [-0.3, -0.25) is 9.69 Å². The monoisotopic (exact) mass is 380 g/mol. The zero-order valence-corrected chi connectivity index (χ0v) is 16.3. The van der Waals surface area contributed by atoms with Crippen molar-refractivity contribution in [2.45, 2.75) is 37.5 Å². The number of hydrogen-bond donors (Lipinski definition) is 1. The Morgan fingerprint density at radius 1 is 1.18 bits per heavy atom. The topological polar surface area (TPSA) is 53.0 Å². The second-order valence-electron chi connectivity index (χ2n) is 7.83. The van der Waals surface area contributed by atoms with Crippen LogP contribution in [0.25, 0.3) is 0 Å². The smallest absolute Gasteiger partial charge is 0.263 e. The van der Waals surface area contributed by atoms with Crippen LogP contribution in [0.5, 0.6) is 5.75 Å². The maximum absolute atomic E-state index is 13.3. The van der Waals surface area contributed by atoms with E-state index in [1.54, 1.807) is 0 Å². The molecule has 2 heterocycles. The van der Waals surface area contributed by atoms with Gasteiger partial charge in [-0.1, -0.05) is 48.5 Å². The molecule has 1 amide bonds. The summed E-state index contributed by atoms with van der Waals surface area (Å²) in [6, 6.07) is 18.0. The van der Waals surface area contributed by atoms with Crippen molar-refractivity contribution in [3.63, 3.8) is 0 Å². The molecule has 2 aliphatic heterocycles. The molecule has 0 spiro atoms. The average molecular weight is 380 g/mol. The standard InChI is InChI=1S/C23H28N2O3/c1-24(23(27)22-12-11-18-9-5-6-10-21(18)28-22)20(17-7-3-2-4-8-17)16-25-14-13-19(26)15-25/h2-10,19-20,22,26H,11-16H2,1H3/t19-,20?,22+/m0/s1. The van der Waals surface area contributed by atoms with Crippen molar-refractivity contribution < 1.29 is 14.6 Å². The summed E-state index contributed by atoms with van der Waals surface area (Å²) in [4.78, 5) is 17.4. The van der Waals surface area contributed by atoms with Gasteiger partial charge in [-0.15, -0.1) is 0 Å². The van der Waals surface area contributed by atoms with Crippen LogP contribution in [0.1, 0.15) is 30.0 Å². The minimum atomic E-state index is -0.449. The fourth-order valence-corrected chi connectivity index (χ4v) is 4.23. The van der Waals surface area contributed by atoms with Crippen molar-refractivity contribution in [1.82, 2.24) is 9.80 Å². The number of likely N-dealkylation sites (tertiary alicyclic amines) is 1. The Labute approximate surface area is 166 Å².